The molecule has 4 heteroatoms. The first-order chi connectivity index (χ1) is 7.25. The fraction of sp³-hybridized carbons (Fsp3) is 0.727. The monoisotopic (exact) mass is 209 g/mol. The van der Waals surface area contributed by atoms with Gasteiger partial charge in [0.1, 0.15) is 5.69 Å². The van der Waals surface area contributed by atoms with Crippen LogP contribution in [0.5, 0.6) is 0 Å². The summed E-state index contributed by atoms with van der Waals surface area (Å²) in [5.41, 5.74) is 0.616. The molecule has 1 aromatic rings. The van der Waals surface area contributed by atoms with Gasteiger partial charge in [0.25, 0.3) is 0 Å². The molecule has 0 bridgehead atoms. The summed E-state index contributed by atoms with van der Waals surface area (Å²) in [6.45, 7) is 2.19. The van der Waals surface area contributed by atoms with Gasteiger partial charge in [-0.25, -0.2) is 4.68 Å². The van der Waals surface area contributed by atoms with Crippen LogP contribution in [0.15, 0.2) is 6.20 Å². The Balaban J connectivity index is 2.22. The van der Waals surface area contributed by atoms with Gasteiger partial charge in [-0.15, -0.1) is 5.10 Å². The Kier molecular flexibility index (Phi) is 5.01. The van der Waals surface area contributed by atoms with Crippen molar-refractivity contribution in [1.82, 2.24) is 15.0 Å². The van der Waals surface area contributed by atoms with Crippen LogP contribution >= 0.6 is 0 Å². The third-order valence-electron chi connectivity index (χ3n) is 2.51. The van der Waals surface area contributed by atoms with Crippen molar-refractivity contribution >= 4 is 5.78 Å². The Morgan fingerprint density at radius 1 is 1.33 bits per heavy atom. The molecule has 0 fully saturated rings. The van der Waals surface area contributed by atoms with Gasteiger partial charge in [-0.3, -0.25) is 4.79 Å². The third-order valence-corrected chi connectivity index (χ3v) is 2.51. The lowest BCUT2D eigenvalue weighted by Crippen LogP contribution is -2.06. The quantitative estimate of drug-likeness (QED) is 0.511. The molecule has 1 heterocycles. The van der Waals surface area contributed by atoms with Gasteiger partial charge in [-0.1, -0.05) is 37.8 Å². The lowest BCUT2D eigenvalue weighted by Gasteiger charge is -2.00. The van der Waals surface area contributed by atoms with Crippen molar-refractivity contribution in [2.45, 2.75) is 45.4 Å². The van der Waals surface area contributed by atoms with Crippen LogP contribution in [0.2, 0.25) is 0 Å². The number of Topliss-reactive ketones (excluding diaryl/α,β-unsaturated/α-hetero) is 1. The van der Waals surface area contributed by atoms with E-state index in [1.54, 1.807) is 7.05 Å². The molecule has 0 saturated heterocycles. The Morgan fingerprint density at radius 3 is 2.67 bits per heavy atom. The van der Waals surface area contributed by atoms with Crippen LogP contribution in [0.3, 0.4) is 0 Å². The molecule has 0 aromatic carbocycles. The minimum Gasteiger partial charge on any atom is -0.292 e. The molecule has 4 nitrogen and oxygen atoms in total. The van der Waals surface area contributed by atoms with Crippen molar-refractivity contribution in [3.05, 3.63) is 11.9 Å². The molecular formula is C11H19N3O. The van der Waals surface area contributed by atoms with Crippen molar-refractivity contribution < 1.29 is 4.79 Å². The molecule has 0 aliphatic rings. The molecule has 0 saturated carbocycles. The van der Waals surface area contributed by atoms with Crippen LogP contribution in [-0.2, 0) is 7.05 Å². The molecular weight excluding hydrogens is 190 g/mol. The summed E-state index contributed by atoms with van der Waals surface area (Å²) in [5.74, 6) is 0.152. The average Bonchev–Trinajstić information content (AvgIpc) is 2.64. The number of carbonyl (C=O) groups excluding carboxylic acids is 1. The van der Waals surface area contributed by atoms with Crippen molar-refractivity contribution in [3.63, 3.8) is 0 Å². The standard InChI is InChI=1S/C11H19N3O/c1-3-4-5-6-7-8-11(15)10-9-12-13-14(10)2/h9H,3-8H2,1-2H3. The summed E-state index contributed by atoms with van der Waals surface area (Å²) in [7, 11) is 1.75. The molecule has 84 valence electrons. The SMILES string of the molecule is CCCCCCCC(=O)c1cnnn1C. The summed E-state index contributed by atoms with van der Waals surface area (Å²) in [6, 6.07) is 0. The number of carbonyl (C=O) groups is 1. The van der Waals surface area contributed by atoms with Gasteiger partial charge in [-0.05, 0) is 6.42 Å². The van der Waals surface area contributed by atoms with Gasteiger partial charge >= 0.3 is 0 Å². The highest BCUT2D eigenvalue weighted by atomic mass is 16.1. The molecule has 0 atom stereocenters. The normalized spacial score (nSPS) is 10.5. The van der Waals surface area contributed by atoms with Crippen molar-refractivity contribution in [2.75, 3.05) is 0 Å². The van der Waals surface area contributed by atoms with Gasteiger partial charge in [0, 0.05) is 13.5 Å². The van der Waals surface area contributed by atoms with E-state index in [2.05, 4.69) is 17.2 Å². The third kappa shape index (κ3) is 3.81. The zero-order chi connectivity index (χ0) is 11.1. The number of ketones is 1. The predicted octanol–water partition coefficient (Wildman–Crippen LogP) is 2.36. The van der Waals surface area contributed by atoms with Crippen LogP contribution in [0.4, 0.5) is 0 Å². The smallest absolute Gasteiger partial charge is 0.182 e. The number of unbranched alkanes of at least 4 members (excludes halogenated alkanes) is 4. The number of rotatable bonds is 7. The number of hydrogen-bond donors (Lipinski definition) is 0. The molecule has 15 heavy (non-hydrogen) atoms. The fourth-order valence-electron chi connectivity index (χ4n) is 1.56. The van der Waals surface area contributed by atoms with Crippen LogP contribution in [0, 0.1) is 0 Å². The Morgan fingerprint density at radius 2 is 2.07 bits per heavy atom. The maximum absolute atomic E-state index is 11.7. The summed E-state index contributed by atoms with van der Waals surface area (Å²) in [5, 5.41) is 7.43. The molecule has 1 rings (SSSR count). The van der Waals surface area contributed by atoms with Gasteiger partial charge in [0.2, 0.25) is 0 Å². The topological polar surface area (TPSA) is 47.8 Å². The second-order valence-electron chi connectivity index (χ2n) is 3.83. The van der Waals surface area contributed by atoms with Crippen LogP contribution in [0.1, 0.15) is 55.9 Å². The van der Waals surface area contributed by atoms with E-state index >= 15 is 0 Å². The Bertz CT molecular complexity index is 307. The molecule has 0 amide bonds. The van der Waals surface area contributed by atoms with Gasteiger partial charge in [-0.2, -0.15) is 0 Å². The first kappa shape index (κ1) is 11.9. The van der Waals surface area contributed by atoms with E-state index in [0.717, 1.165) is 12.8 Å². The lowest BCUT2D eigenvalue weighted by atomic mass is 10.1. The molecule has 0 aliphatic heterocycles. The van der Waals surface area contributed by atoms with Crippen molar-refractivity contribution in [2.24, 2.45) is 7.05 Å². The van der Waals surface area contributed by atoms with Crippen molar-refractivity contribution in [1.29, 1.82) is 0 Å². The zero-order valence-corrected chi connectivity index (χ0v) is 9.57. The molecule has 0 N–H and O–H groups in total. The minimum atomic E-state index is 0.152. The lowest BCUT2D eigenvalue weighted by molar-refractivity contribution is 0.0970. The predicted molar refractivity (Wildman–Crippen MR) is 58.7 cm³/mol. The second-order valence-corrected chi connectivity index (χ2v) is 3.83. The fourth-order valence-corrected chi connectivity index (χ4v) is 1.56. The highest BCUT2D eigenvalue weighted by Crippen LogP contribution is 2.08. The van der Waals surface area contributed by atoms with Crippen molar-refractivity contribution in [3.8, 4) is 0 Å². The van der Waals surface area contributed by atoms with E-state index < -0.39 is 0 Å². The van der Waals surface area contributed by atoms with E-state index in [9.17, 15) is 4.79 Å². The average molecular weight is 209 g/mol. The largest absolute Gasteiger partial charge is 0.292 e. The first-order valence-electron chi connectivity index (χ1n) is 5.63. The second kappa shape index (κ2) is 6.32. The van der Waals surface area contributed by atoms with Crippen LogP contribution in [0.25, 0.3) is 0 Å². The minimum absolute atomic E-state index is 0.152. The molecule has 0 unspecified atom stereocenters. The van der Waals surface area contributed by atoms with Crippen LogP contribution in [-0.4, -0.2) is 20.8 Å². The van der Waals surface area contributed by atoms with E-state index in [4.69, 9.17) is 0 Å². The Hall–Kier alpha value is -1.19. The van der Waals surface area contributed by atoms with E-state index in [-0.39, 0.29) is 5.78 Å². The number of nitrogens with zero attached hydrogens (tertiary/aromatic N) is 3. The van der Waals surface area contributed by atoms with Gasteiger partial charge < -0.3 is 0 Å². The van der Waals surface area contributed by atoms with Gasteiger partial charge in [0.05, 0.1) is 6.20 Å². The molecule has 0 aliphatic carbocycles. The summed E-state index contributed by atoms with van der Waals surface area (Å²) in [6.07, 6.45) is 8.00. The highest BCUT2D eigenvalue weighted by molar-refractivity contribution is 5.94. The summed E-state index contributed by atoms with van der Waals surface area (Å²) < 4.78 is 1.54. The maximum Gasteiger partial charge on any atom is 0.182 e. The zero-order valence-electron chi connectivity index (χ0n) is 9.57. The van der Waals surface area contributed by atoms with E-state index in [1.807, 2.05) is 0 Å². The summed E-state index contributed by atoms with van der Waals surface area (Å²) >= 11 is 0. The summed E-state index contributed by atoms with van der Waals surface area (Å²) in [4.78, 5) is 11.7. The highest BCUT2D eigenvalue weighted by Gasteiger charge is 2.09. The molecule has 1 aromatic heterocycles. The van der Waals surface area contributed by atoms with E-state index in [1.165, 1.54) is 30.1 Å². The number of aryl methyl sites for hydroxylation is 1. The maximum atomic E-state index is 11.7. The van der Waals surface area contributed by atoms with Crippen LogP contribution < -0.4 is 0 Å². The number of aromatic nitrogens is 3. The Labute approximate surface area is 90.7 Å². The van der Waals surface area contributed by atoms with Gasteiger partial charge in [0.15, 0.2) is 5.78 Å². The first-order valence-corrected chi connectivity index (χ1v) is 5.63. The molecule has 0 spiro atoms. The number of hydrogen-bond acceptors (Lipinski definition) is 3. The van der Waals surface area contributed by atoms with E-state index in [0.29, 0.717) is 12.1 Å². The molecule has 0 radical (unpaired) electrons.